The molecule has 1 atom stereocenters. The molecule has 2 aromatic rings. The van der Waals surface area contributed by atoms with Crippen LogP contribution in [-0.4, -0.2) is 44.5 Å². The van der Waals surface area contributed by atoms with Crippen molar-refractivity contribution >= 4 is 22.6 Å². The summed E-state index contributed by atoms with van der Waals surface area (Å²) in [4.78, 5) is 8.44. The zero-order chi connectivity index (χ0) is 20.2. The predicted octanol–water partition coefficient (Wildman–Crippen LogP) is 4.34. The molecule has 1 saturated heterocycles. The van der Waals surface area contributed by atoms with Crippen LogP contribution in [0.1, 0.15) is 40.5 Å². The smallest absolute Gasteiger partial charge is 0.134 e. The molecular formula is C23H27N3O2S. The highest BCUT2D eigenvalue weighted by Gasteiger charge is 2.23. The number of hydrogen-bond donors (Lipinski definition) is 0. The van der Waals surface area contributed by atoms with E-state index in [1.165, 1.54) is 10.4 Å². The van der Waals surface area contributed by atoms with Crippen molar-refractivity contribution in [1.82, 2.24) is 4.90 Å². The van der Waals surface area contributed by atoms with Gasteiger partial charge in [0, 0.05) is 36.3 Å². The topological polar surface area (TPSA) is 57.8 Å². The van der Waals surface area contributed by atoms with Crippen LogP contribution in [0.4, 0.5) is 5.00 Å². The number of morpholine rings is 1. The number of benzene rings is 1. The van der Waals surface area contributed by atoms with Crippen LogP contribution in [0.2, 0.25) is 0 Å². The van der Waals surface area contributed by atoms with E-state index in [0.717, 1.165) is 79.6 Å². The summed E-state index contributed by atoms with van der Waals surface area (Å²) in [6.45, 7) is 6.55. The molecule has 1 unspecified atom stereocenters. The van der Waals surface area contributed by atoms with E-state index in [1.54, 1.807) is 18.4 Å². The SMILES string of the molecule is COc1ccc(/C=N/c2sc3c(c2C#N)CCC(C)C3)cc1CN1CCOCC1. The van der Waals surface area contributed by atoms with Crippen molar-refractivity contribution in [3.63, 3.8) is 0 Å². The van der Waals surface area contributed by atoms with Crippen molar-refractivity contribution in [1.29, 1.82) is 5.26 Å². The maximum atomic E-state index is 9.67. The number of hydrogen-bond acceptors (Lipinski definition) is 6. The Morgan fingerprint density at radius 1 is 1.38 bits per heavy atom. The molecule has 2 aliphatic rings. The Hall–Kier alpha value is -2.20. The van der Waals surface area contributed by atoms with E-state index in [-0.39, 0.29) is 0 Å². The summed E-state index contributed by atoms with van der Waals surface area (Å²) in [6, 6.07) is 8.56. The van der Waals surface area contributed by atoms with E-state index in [0.29, 0.717) is 5.92 Å². The third kappa shape index (κ3) is 4.53. The lowest BCUT2D eigenvalue weighted by atomic mass is 9.89. The highest BCUT2D eigenvalue weighted by atomic mass is 32.1. The number of nitrogens with zero attached hydrogens (tertiary/aromatic N) is 3. The van der Waals surface area contributed by atoms with Gasteiger partial charge in [0.1, 0.15) is 16.8 Å². The second kappa shape index (κ2) is 9.08. The van der Waals surface area contributed by atoms with Crippen LogP contribution in [0.15, 0.2) is 23.2 Å². The molecule has 0 N–H and O–H groups in total. The fraction of sp³-hybridized carbons (Fsp3) is 0.478. The van der Waals surface area contributed by atoms with Crippen LogP contribution in [0.25, 0.3) is 0 Å². The number of rotatable bonds is 5. The first-order valence-electron chi connectivity index (χ1n) is 10.2. The van der Waals surface area contributed by atoms with Gasteiger partial charge in [-0.25, -0.2) is 4.99 Å². The van der Waals surface area contributed by atoms with Gasteiger partial charge in [-0.1, -0.05) is 6.92 Å². The lowest BCUT2D eigenvalue weighted by Gasteiger charge is -2.27. The van der Waals surface area contributed by atoms with Gasteiger partial charge < -0.3 is 9.47 Å². The first-order valence-corrected chi connectivity index (χ1v) is 11.0. The normalized spacial score (nSPS) is 19.8. The maximum Gasteiger partial charge on any atom is 0.134 e. The Kier molecular flexibility index (Phi) is 6.29. The molecule has 5 nitrogen and oxygen atoms in total. The van der Waals surface area contributed by atoms with Crippen LogP contribution >= 0.6 is 11.3 Å². The Labute approximate surface area is 176 Å². The molecule has 2 heterocycles. The Morgan fingerprint density at radius 3 is 2.97 bits per heavy atom. The average molecular weight is 410 g/mol. The Balaban J connectivity index is 1.57. The summed E-state index contributed by atoms with van der Waals surface area (Å²) in [6.07, 6.45) is 5.10. The minimum Gasteiger partial charge on any atom is -0.496 e. The average Bonchev–Trinajstić information content (AvgIpc) is 3.09. The second-order valence-corrected chi connectivity index (χ2v) is 8.95. The summed E-state index contributed by atoms with van der Waals surface area (Å²) < 4.78 is 11.0. The molecule has 1 aliphatic heterocycles. The number of nitriles is 1. The van der Waals surface area contributed by atoms with Gasteiger partial charge in [-0.05, 0) is 54.5 Å². The minimum atomic E-state index is 0.689. The van der Waals surface area contributed by atoms with Crippen LogP contribution in [0.3, 0.4) is 0 Å². The molecule has 0 saturated carbocycles. The number of aliphatic imine (C=N–C) groups is 1. The summed E-state index contributed by atoms with van der Waals surface area (Å²) in [7, 11) is 1.71. The van der Waals surface area contributed by atoms with Crippen molar-refractivity contribution in [3.8, 4) is 11.8 Å². The Bertz CT molecular complexity index is 938. The summed E-state index contributed by atoms with van der Waals surface area (Å²) in [5, 5.41) is 10.5. The first kappa shape index (κ1) is 20.1. The fourth-order valence-corrected chi connectivity index (χ4v) is 5.38. The molecule has 1 aromatic carbocycles. The van der Waals surface area contributed by atoms with Gasteiger partial charge in [-0.15, -0.1) is 11.3 Å². The summed E-state index contributed by atoms with van der Waals surface area (Å²) in [5.74, 6) is 1.58. The minimum absolute atomic E-state index is 0.689. The van der Waals surface area contributed by atoms with Crippen molar-refractivity contribution in [3.05, 3.63) is 45.3 Å². The standard InChI is InChI=1S/C23H27N3O2S/c1-16-3-5-19-20(13-24)23(29-22(19)11-16)25-14-17-4-6-21(27-2)18(12-17)15-26-7-9-28-10-8-26/h4,6,12,14,16H,3,5,7-11,15H2,1-2H3/b25-14+. The highest BCUT2D eigenvalue weighted by Crippen LogP contribution is 2.40. The molecule has 6 heteroatoms. The van der Waals surface area contributed by atoms with E-state index >= 15 is 0 Å². The molecule has 0 radical (unpaired) electrons. The lowest BCUT2D eigenvalue weighted by Crippen LogP contribution is -2.35. The molecule has 4 rings (SSSR count). The Morgan fingerprint density at radius 2 is 2.21 bits per heavy atom. The summed E-state index contributed by atoms with van der Waals surface area (Å²) in [5.41, 5.74) is 4.18. The van der Waals surface area contributed by atoms with E-state index in [1.807, 2.05) is 18.3 Å². The van der Waals surface area contributed by atoms with Crippen molar-refractivity contribution in [2.24, 2.45) is 10.9 Å². The molecule has 0 spiro atoms. The number of ether oxygens (including phenoxy) is 2. The van der Waals surface area contributed by atoms with Crippen LogP contribution < -0.4 is 4.74 Å². The largest absolute Gasteiger partial charge is 0.496 e. The van der Waals surface area contributed by atoms with Crippen LogP contribution in [0.5, 0.6) is 5.75 Å². The van der Waals surface area contributed by atoms with Gasteiger partial charge in [0.2, 0.25) is 0 Å². The van der Waals surface area contributed by atoms with Crippen molar-refractivity contribution in [2.45, 2.75) is 32.7 Å². The molecule has 0 bridgehead atoms. The molecule has 29 heavy (non-hydrogen) atoms. The fourth-order valence-electron chi connectivity index (χ4n) is 4.08. The van der Waals surface area contributed by atoms with Gasteiger partial charge in [-0.3, -0.25) is 4.90 Å². The van der Waals surface area contributed by atoms with Crippen molar-refractivity contribution < 1.29 is 9.47 Å². The van der Waals surface area contributed by atoms with Gasteiger partial charge in [0.15, 0.2) is 0 Å². The maximum absolute atomic E-state index is 9.67. The molecule has 1 aliphatic carbocycles. The zero-order valence-corrected chi connectivity index (χ0v) is 17.9. The van der Waals surface area contributed by atoms with Gasteiger partial charge >= 0.3 is 0 Å². The number of methoxy groups -OCH3 is 1. The van der Waals surface area contributed by atoms with E-state index in [2.05, 4.69) is 24.0 Å². The predicted molar refractivity (Wildman–Crippen MR) is 117 cm³/mol. The lowest BCUT2D eigenvalue weighted by molar-refractivity contribution is 0.0339. The molecule has 0 amide bonds. The highest BCUT2D eigenvalue weighted by molar-refractivity contribution is 7.16. The van der Waals surface area contributed by atoms with Crippen LogP contribution in [0, 0.1) is 17.2 Å². The monoisotopic (exact) mass is 409 g/mol. The van der Waals surface area contributed by atoms with Crippen LogP contribution in [-0.2, 0) is 24.1 Å². The second-order valence-electron chi connectivity index (χ2n) is 7.86. The van der Waals surface area contributed by atoms with E-state index in [4.69, 9.17) is 14.5 Å². The molecule has 1 aromatic heterocycles. The molecule has 1 fully saturated rings. The number of thiophene rings is 1. The quantitative estimate of drug-likeness (QED) is 0.690. The molecular weight excluding hydrogens is 382 g/mol. The zero-order valence-electron chi connectivity index (χ0n) is 17.1. The van der Waals surface area contributed by atoms with Gasteiger partial charge in [-0.2, -0.15) is 5.26 Å². The van der Waals surface area contributed by atoms with Gasteiger partial charge in [0.05, 0.1) is 25.9 Å². The molecule has 152 valence electrons. The van der Waals surface area contributed by atoms with E-state index < -0.39 is 0 Å². The van der Waals surface area contributed by atoms with E-state index in [9.17, 15) is 5.26 Å². The van der Waals surface area contributed by atoms with Crippen molar-refractivity contribution in [2.75, 3.05) is 33.4 Å². The van der Waals surface area contributed by atoms with Gasteiger partial charge in [0.25, 0.3) is 0 Å². The summed E-state index contributed by atoms with van der Waals surface area (Å²) >= 11 is 1.68. The first-order chi connectivity index (χ1) is 14.2. The third-order valence-corrected chi connectivity index (χ3v) is 6.90. The third-order valence-electron chi connectivity index (χ3n) is 5.74. The number of fused-ring (bicyclic) bond motifs is 1.